The lowest BCUT2D eigenvalue weighted by molar-refractivity contribution is -0.885. The zero-order valence-corrected chi connectivity index (χ0v) is 19.5. The number of para-hydroxylation sites is 1. The second kappa shape index (κ2) is 10.4. The van der Waals surface area contributed by atoms with Crippen molar-refractivity contribution < 1.29 is 36.7 Å². The van der Waals surface area contributed by atoms with Gasteiger partial charge in [0.25, 0.3) is 5.92 Å². The van der Waals surface area contributed by atoms with Crippen molar-refractivity contribution in [3.8, 4) is 11.6 Å². The molecule has 1 amide bonds. The lowest BCUT2D eigenvalue weighted by Gasteiger charge is -2.40. The van der Waals surface area contributed by atoms with Gasteiger partial charge in [-0.2, -0.15) is 0 Å². The Morgan fingerprint density at radius 2 is 1.86 bits per heavy atom. The van der Waals surface area contributed by atoms with Gasteiger partial charge in [-0.25, -0.2) is 27.5 Å². The van der Waals surface area contributed by atoms with Crippen molar-refractivity contribution in [3.05, 3.63) is 72.3 Å². The predicted molar refractivity (Wildman–Crippen MR) is 120 cm³/mol. The zero-order valence-electron chi connectivity index (χ0n) is 19.5. The first-order valence-electron chi connectivity index (χ1n) is 11.1. The average Bonchev–Trinajstić information content (AvgIpc) is 2.87. The number of halogens is 4. The highest BCUT2D eigenvalue weighted by Crippen LogP contribution is 2.40. The van der Waals surface area contributed by atoms with Crippen LogP contribution in [-0.4, -0.2) is 52.9 Å². The summed E-state index contributed by atoms with van der Waals surface area (Å²) >= 11 is 0. The molecule has 1 fully saturated rings. The molecule has 4 rings (SSSR count). The maximum atomic E-state index is 14.7. The average molecular weight is 506 g/mol. The van der Waals surface area contributed by atoms with Crippen molar-refractivity contribution in [3.63, 3.8) is 0 Å². The van der Waals surface area contributed by atoms with E-state index in [1.807, 2.05) is 0 Å². The number of amides is 1. The van der Waals surface area contributed by atoms with Crippen LogP contribution in [0.25, 0.3) is 0 Å². The van der Waals surface area contributed by atoms with E-state index in [0.29, 0.717) is 5.56 Å². The number of nitrogens with zero attached hydrogens (tertiary/aromatic N) is 4. The van der Waals surface area contributed by atoms with Gasteiger partial charge in [0.2, 0.25) is 29.9 Å². The van der Waals surface area contributed by atoms with E-state index in [0.717, 1.165) is 18.3 Å². The molecular formula is C24H24F4N5O3+. The van der Waals surface area contributed by atoms with E-state index in [4.69, 9.17) is 9.57 Å². The summed E-state index contributed by atoms with van der Waals surface area (Å²) in [5.74, 6) is -7.02. The molecule has 1 aliphatic rings. The summed E-state index contributed by atoms with van der Waals surface area (Å²) < 4.78 is 63.4. The Morgan fingerprint density at radius 3 is 2.47 bits per heavy atom. The van der Waals surface area contributed by atoms with Crippen LogP contribution in [0.1, 0.15) is 24.8 Å². The first-order chi connectivity index (χ1) is 17.2. The number of ether oxygens (including phenoxy) is 1. The molecule has 0 saturated carbocycles. The van der Waals surface area contributed by atoms with Gasteiger partial charge in [0.05, 0.1) is 24.4 Å². The monoisotopic (exact) mass is 506 g/mol. The molecule has 0 bridgehead atoms. The number of hydrogen-bond donors (Lipinski definition) is 1. The largest absolute Gasteiger partial charge is 0.431 e. The Bertz CT molecular complexity index is 1190. The van der Waals surface area contributed by atoms with Crippen LogP contribution in [0.4, 0.5) is 23.4 Å². The zero-order chi connectivity index (χ0) is 25.9. The van der Waals surface area contributed by atoms with E-state index >= 15 is 0 Å². The molecule has 1 aromatic carbocycles. The molecule has 0 unspecified atom stereocenters. The van der Waals surface area contributed by atoms with Crippen molar-refractivity contribution in [2.75, 3.05) is 25.5 Å². The smallest absolute Gasteiger partial charge is 0.257 e. The first-order valence-corrected chi connectivity index (χ1v) is 11.1. The number of piperidine rings is 1. The molecule has 12 heteroatoms. The summed E-state index contributed by atoms with van der Waals surface area (Å²) in [6.07, 6.45) is 4.97. The maximum absolute atomic E-state index is 14.7. The normalized spacial score (nSPS) is 18.3. The van der Waals surface area contributed by atoms with Crippen molar-refractivity contribution in [2.24, 2.45) is 0 Å². The van der Waals surface area contributed by atoms with Crippen LogP contribution in [0, 0.1) is 11.6 Å². The number of rotatable bonds is 7. The third-order valence-corrected chi connectivity index (χ3v) is 6.03. The lowest BCUT2D eigenvalue weighted by atomic mass is 9.87. The molecule has 2 aromatic heterocycles. The molecular weight excluding hydrogens is 482 g/mol. The van der Waals surface area contributed by atoms with Gasteiger partial charge in [-0.3, -0.25) is 14.5 Å². The standard InChI is InChI=1S/C24H23F4N5O3/c1-15(32-11-8-24(27,28)17(14-32)16-6-9-33(35-2)10-7-16)23(34)31-20-12-30-21(13-29-20)36-22-18(25)4-3-5-19(22)26/h3-7,9-10,12-13,15,17H,8,11,14H2,1-2H3/p+1/t15-,17+/m0/s1. The second-order valence-electron chi connectivity index (χ2n) is 8.29. The van der Waals surface area contributed by atoms with Crippen LogP contribution in [0.2, 0.25) is 0 Å². The molecule has 1 aliphatic heterocycles. The number of alkyl halides is 2. The molecule has 1 saturated heterocycles. The van der Waals surface area contributed by atoms with Crippen molar-refractivity contribution >= 4 is 11.7 Å². The molecule has 8 nitrogen and oxygen atoms in total. The van der Waals surface area contributed by atoms with E-state index in [1.165, 1.54) is 24.1 Å². The minimum absolute atomic E-state index is 0.0226. The van der Waals surface area contributed by atoms with E-state index < -0.39 is 47.6 Å². The third-order valence-electron chi connectivity index (χ3n) is 6.03. The topological polar surface area (TPSA) is 80.5 Å². The highest BCUT2D eigenvalue weighted by molar-refractivity contribution is 5.93. The fraction of sp³-hybridized carbons (Fsp3) is 0.333. The summed E-state index contributed by atoms with van der Waals surface area (Å²) in [6.45, 7) is 1.63. The van der Waals surface area contributed by atoms with Gasteiger partial charge in [-0.15, -0.1) is 0 Å². The molecule has 0 aliphatic carbocycles. The molecule has 2 atom stereocenters. The molecule has 0 spiro atoms. The van der Waals surface area contributed by atoms with E-state index in [1.54, 1.807) is 36.4 Å². The van der Waals surface area contributed by atoms with Crippen molar-refractivity contribution in [1.29, 1.82) is 0 Å². The Balaban J connectivity index is 1.40. The summed E-state index contributed by atoms with van der Waals surface area (Å²) in [6, 6.07) is 5.68. The van der Waals surface area contributed by atoms with Gasteiger partial charge in [0, 0.05) is 36.4 Å². The fourth-order valence-electron chi connectivity index (χ4n) is 3.92. The van der Waals surface area contributed by atoms with Crippen LogP contribution in [0.3, 0.4) is 0 Å². The lowest BCUT2D eigenvalue weighted by Crippen LogP contribution is -2.52. The number of carbonyl (C=O) groups is 1. The molecule has 1 N–H and O–H groups in total. The van der Waals surface area contributed by atoms with Gasteiger partial charge < -0.3 is 10.1 Å². The molecule has 3 aromatic rings. The molecule has 3 heterocycles. The number of likely N-dealkylation sites (tertiary alicyclic amines) is 1. The third kappa shape index (κ3) is 5.54. The van der Waals surface area contributed by atoms with Gasteiger partial charge in [-0.05, 0) is 24.6 Å². The van der Waals surface area contributed by atoms with Gasteiger partial charge in [0.1, 0.15) is 7.11 Å². The minimum Gasteiger partial charge on any atom is -0.431 e. The number of aromatic nitrogens is 3. The number of hydrogen-bond acceptors (Lipinski definition) is 6. The molecule has 190 valence electrons. The van der Waals surface area contributed by atoms with E-state index in [9.17, 15) is 22.4 Å². The van der Waals surface area contributed by atoms with Crippen LogP contribution in [0.15, 0.2) is 55.1 Å². The minimum atomic E-state index is -2.93. The number of pyridine rings is 1. The van der Waals surface area contributed by atoms with E-state index in [2.05, 4.69) is 15.3 Å². The Morgan fingerprint density at radius 1 is 1.17 bits per heavy atom. The van der Waals surface area contributed by atoms with E-state index in [-0.39, 0.29) is 24.8 Å². The number of benzene rings is 1. The fourth-order valence-corrected chi connectivity index (χ4v) is 3.92. The van der Waals surface area contributed by atoms with Crippen molar-refractivity contribution in [2.45, 2.75) is 31.2 Å². The first kappa shape index (κ1) is 25.3. The highest BCUT2D eigenvalue weighted by atomic mass is 19.3. The van der Waals surface area contributed by atoms with Gasteiger partial charge in [-0.1, -0.05) is 6.07 Å². The number of nitrogens with one attached hydrogen (secondary N) is 1. The Labute approximate surface area is 204 Å². The summed E-state index contributed by atoms with van der Waals surface area (Å²) in [7, 11) is 1.46. The Hall–Kier alpha value is -3.80. The second-order valence-corrected chi connectivity index (χ2v) is 8.29. The van der Waals surface area contributed by atoms with Crippen LogP contribution < -0.4 is 19.6 Å². The van der Waals surface area contributed by atoms with Gasteiger partial charge in [0.15, 0.2) is 17.5 Å². The van der Waals surface area contributed by atoms with Crippen molar-refractivity contribution in [1.82, 2.24) is 14.9 Å². The quantitative estimate of drug-likeness (QED) is 0.391. The molecule has 36 heavy (non-hydrogen) atoms. The van der Waals surface area contributed by atoms with Crippen LogP contribution in [0.5, 0.6) is 11.6 Å². The summed E-state index contributed by atoms with van der Waals surface area (Å²) in [5.41, 5.74) is 0.443. The SMILES string of the molecule is CO[n+]1ccc([C@H]2CN([C@@H](C)C(=O)Nc3cnc(Oc4c(F)cccc4F)cn3)CCC2(F)F)cc1. The summed E-state index contributed by atoms with van der Waals surface area (Å²) in [5, 5.41) is 2.58. The Kier molecular flexibility index (Phi) is 7.34. The maximum Gasteiger partial charge on any atom is 0.257 e. The number of carbonyl (C=O) groups excluding carboxylic acids is 1. The summed E-state index contributed by atoms with van der Waals surface area (Å²) in [4.78, 5) is 27.4. The number of anilines is 1. The van der Waals surface area contributed by atoms with Gasteiger partial charge >= 0.3 is 0 Å². The van der Waals surface area contributed by atoms with Crippen LogP contribution >= 0.6 is 0 Å². The molecule has 0 radical (unpaired) electrons. The van der Waals surface area contributed by atoms with Crippen LogP contribution in [-0.2, 0) is 4.79 Å². The predicted octanol–water partition coefficient (Wildman–Crippen LogP) is 3.34. The highest BCUT2D eigenvalue weighted by Gasteiger charge is 2.46.